The fraction of sp³-hybridized carbons (Fsp3) is 0.350. The largest absolute Gasteiger partial charge is 0.337 e. The maximum atomic E-state index is 13.4. The number of hydrogen-bond donors (Lipinski definition) is 0. The number of amides is 1. The van der Waals surface area contributed by atoms with Gasteiger partial charge >= 0.3 is 0 Å². The molecule has 1 fully saturated rings. The molecule has 3 nitrogen and oxygen atoms in total. The predicted octanol–water partition coefficient (Wildman–Crippen LogP) is 3.62. The maximum absolute atomic E-state index is 13.4. The van der Waals surface area contributed by atoms with Crippen molar-refractivity contribution in [3.8, 4) is 0 Å². The summed E-state index contributed by atoms with van der Waals surface area (Å²) in [5, 5.41) is 0. The molecule has 3 rings (SSSR count). The molecule has 0 unspecified atom stereocenters. The number of hydrogen-bond acceptors (Lipinski definition) is 2. The molecule has 0 saturated carbocycles. The highest BCUT2D eigenvalue weighted by Crippen LogP contribution is 2.15. The monoisotopic (exact) mass is 344 g/mol. The van der Waals surface area contributed by atoms with Crippen LogP contribution in [0.3, 0.4) is 0 Å². The average Bonchev–Trinajstić information content (AvgIpc) is 2.82. The highest BCUT2D eigenvalue weighted by molar-refractivity contribution is 5.94. The summed E-state index contributed by atoms with van der Waals surface area (Å²) >= 11 is 0. The number of nitrogens with zero attached hydrogens (tertiary/aromatic N) is 2. The molecule has 0 aromatic heterocycles. The molecule has 0 bridgehead atoms. The van der Waals surface area contributed by atoms with E-state index in [-0.39, 0.29) is 11.5 Å². The Labute approximate surface area is 146 Å². The molecular formula is C20H22F2N2O. The first-order valence-electron chi connectivity index (χ1n) is 8.55. The van der Waals surface area contributed by atoms with E-state index in [9.17, 15) is 13.6 Å². The molecule has 25 heavy (non-hydrogen) atoms. The number of rotatable bonds is 3. The van der Waals surface area contributed by atoms with Crippen molar-refractivity contribution in [3.05, 3.63) is 70.8 Å². The van der Waals surface area contributed by atoms with Crippen LogP contribution in [0.4, 0.5) is 8.78 Å². The summed E-state index contributed by atoms with van der Waals surface area (Å²) in [5.41, 5.74) is 2.70. The Morgan fingerprint density at radius 2 is 1.84 bits per heavy atom. The van der Waals surface area contributed by atoms with Gasteiger partial charge in [-0.15, -0.1) is 0 Å². The quantitative estimate of drug-likeness (QED) is 0.849. The van der Waals surface area contributed by atoms with Gasteiger partial charge in [0.05, 0.1) is 0 Å². The molecule has 2 aromatic carbocycles. The first-order chi connectivity index (χ1) is 12.0. The van der Waals surface area contributed by atoms with E-state index in [1.807, 2.05) is 0 Å². The number of benzene rings is 2. The molecule has 0 radical (unpaired) electrons. The summed E-state index contributed by atoms with van der Waals surface area (Å²) in [6.45, 7) is 5.83. The zero-order valence-corrected chi connectivity index (χ0v) is 14.3. The van der Waals surface area contributed by atoms with Crippen molar-refractivity contribution in [3.63, 3.8) is 0 Å². The van der Waals surface area contributed by atoms with Gasteiger partial charge in [-0.05, 0) is 37.1 Å². The van der Waals surface area contributed by atoms with E-state index in [2.05, 4.69) is 36.1 Å². The van der Waals surface area contributed by atoms with Gasteiger partial charge in [-0.1, -0.05) is 29.8 Å². The normalized spacial score (nSPS) is 15.9. The standard InChI is InChI=1S/C20H22F2N2O/c1-15-4-2-5-16(12-15)14-23-8-3-9-24(11-10-23)20(25)17-6-7-18(21)19(22)13-17/h2,4-7,12-13H,3,8-11,14H2,1H3. The third-order valence-electron chi connectivity index (χ3n) is 4.53. The topological polar surface area (TPSA) is 23.6 Å². The zero-order chi connectivity index (χ0) is 17.8. The molecule has 2 aromatic rings. The first kappa shape index (κ1) is 17.5. The molecule has 132 valence electrons. The fourth-order valence-corrected chi connectivity index (χ4v) is 3.21. The van der Waals surface area contributed by atoms with Crippen molar-refractivity contribution in [2.75, 3.05) is 26.2 Å². The van der Waals surface area contributed by atoms with Gasteiger partial charge in [0.25, 0.3) is 5.91 Å². The SMILES string of the molecule is Cc1cccc(CN2CCCN(C(=O)c3ccc(F)c(F)c3)CC2)c1. The van der Waals surface area contributed by atoms with Gasteiger partial charge in [0.15, 0.2) is 11.6 Å². The molecule has 0 atom stereocenters. The van der Waals surface area contributed by atoms with Crippen LogP contribution in [0.25, 0.3) is 0 Å². The van der Waals surface area contributed by atoms with Crippen LogP contribution in [0.1, 0.15) is 27.9 Å². The lowest BCUT2D eigenvalue weighted by molar-refractivity contribution is 0.0760. The Balaban J connectivity index is 1.62. The minimum Gasteiger partial charge on any atom is -0.337 e. The van der Waals surface area contributed by atoms with Gasteiger partial charge in [-0.3, -0.25) is 9.69 Å². The molecule has 0 N–H and O–H groups in total. The Morgan fingerprint density at radius 3 is 2.60 bits per heavy atom. The molecule has 1 saturated heterocycles. The van der Waals surface area contributed by atoms with Gasteiger partial charge < -0.3 is 4.90 Å². The summed E-state index contributed by atoms with van der Waals surface area (Å²) in [5.74, 6) is -2.16. The highest BCUT2D eigenvalue weighted by atomic mass is 19.2. The van der Waals surface area contributed by atoms with Crippen molar-refractivity contribution in [2.45, 2.75) is 19.9 Å². The van der Waals surface area contributed by atoms with Crippen LogP contribution >= 0.6 is 0 Å². The minimum absolute atomic E-state index is 0.200. The first-order valence-corrected chi connectivity index (χ1v) is 8.55. The lowest BCUT2D eigenvalue weighted by Gasteiger charge is -2.22. The molecule has 1 aliphatic heterocycles. The van der Waals surface area contributed by atoms with E-state index in [1.165, 1.54) is 17.2 Å². The number of carbonyl (C=O) groups is 1. The van der Waals surface area contributed by atoms with E-state index in [4.69, 9.17) is 0 Å². The molecule has 1 aliphatic rings. The molecule has 1 amide bonds. The van der Waals surface area contributed by atoms with Crippen molar-refractivity contribution in [1.29, 1.82) is 0 Å². The van der Waals surface area contributed by atoms with Crippen molar-refractivity contribution in [1.82, 2.24) is 9.80 Å². The van der Waals surface area contributed by atoms with Gasteiger partial charge in [-0.25, -0.2) is 8.78 Å². The number of aryl methyl sites for hydroxylation is 1. The second-order valence-electron chi connectivity index (χ2n) is 6.54. The van der Waals surface area contributed by atoms with Crippen molar-refractivity contribution in [2.24, 2.45) is 0 Å². The number of halogens is 2. The van der Waals surface area contributed by atoms with Crippen LogP contribution in [0.15, 0.2) is 42.5 Å². The lowest BCUT2D eigenvalue weighted by Crippen LogP contribution is -2.35. The predicted molar refractivity (Wildman–Crippen MR) is 93.3 cm³/mol. The Morgan fingerprint density at radius 1 is 1.00 bits per heavy atom. The second kappa shape index (κ2) is 7.74. The van der Waals surface area contributed by atoms with Crippen LogP contribution in [-0.4, -0.2) is 41.9 Å². The molecular weight excluding hydrogens is 322 g/mol. The van der Waals surface area contributed by atoms with E-state index in [0.717, 1.165) is 38.2 Å². The van der Waals surface area contributed by atoms with E-state index < -0.39 is 11.6 Å². The zero-order valence-electron chi connectivity index (χ0n) is 14.3. The molecule has 0 spiro atoms. The molecule has 5 heteroatoms. The average molecular weight is 344 g/mol. The van der Waals surface area contributed by atoms with Gasteiger partial charge in [0.1, 0.15) is 0 Å². The van der Waals surface area contributed by atoms with E-state index in [1.54, 1.807) is 4.90 Å². The third kappa shape index (κ3) is 4.42. The summed E-state index contributed by atoms with van der Waals surface area (Å²) in [4.78, 5) is 16.6. The minimum atomic E-state index is -0.984. The lowest BCUT2D eigenvalue weighted by atomic mass is 10.1. The van der Waals surface area contributed by atoms with Crippen LogP contribution in [-0.2, 0) is 6.54 Å². The van der Waals surface area contributed by atoms with Crippen molar-refractivity contribution >= 4 is 5.91 Å². The second-order valence-corrected chi connectivity index (χ2v) is 6.54. The Hall–Kier alpha value is -2.27. The van der Waals surface area contributed by atoms with E-state index in [0.29, 0.717) is 13.1 Å². The molecule has 0 aliphatic carbocycles. The molecule has 1 heterocycles. The van der Waals surface area contributed by atoms with Gasteiger partial charge in [0.2, 0.25) is 0 Å². The highest BCUT2D eigenvalue weighted by Gasteiger charge is 2.21. The third-order valence-corrected chi connectivity index (χ3v) is 4.53. The van der Waals surface area contributed by atoms with Crippen LogP contribution in [0.5, 0.6) is 0 Å². The number of carbonyl (C=O) groups excluding carboxylic acids is 1. The van der Waals surface area contributed by atoms with Crippen LogP contribution < -0.4 is 0 Å². The van der Waals surface area contributed by atoms with Gasteiger partial charge in [0, 0.05) is 38.3 Å². The summed E-state index contributed by atoms with van der Waals surface area (Å²) in [6, 6.07) is 11.8. The van der Waals surface area contributed by atoms with Crippen LogP contribution in [0, 0.1) is 18.6 Å². The fourth-order valence-electron chi connectivity index (χ4n) is 3.21. The van der Waals surface area contributed by atoms with E-state index >= 15 is 0 Å². The smallest absolute Gasteiger partial charge is 0.254 e. The Bertz CT molecular complexity index is 763. The van der Waals surface area contributed by atoms with Crippen molar-refractivity contribution < 1.29 is 13.6 Å². The summed E-state index contributed by atoms with van der Waals surface area (Å²) in [6.07, 6.45) is 0.862. The summed E-state index contributed by atoms with van der Waals surface area (Å²) < 4.78 is 26.4. The van der Waals surface area contributed by atoms with Crippen LogP contribution in [0.2, 0.25) is 0 Å². The summed E-state index contributed by atoms with van der Waals surface area (Å²) in [7, 11) is 0. The maximum Gasteiger partial charge on any atom is 0.254 e. The Kier molecular flexibility index (Phi) is 5.43. The van der Waals surface area contributed by atoms with Gasteiger partial charge in [-0.2, -0.15) is 0 Å².